The van der Waals surface area contributed by atoms with Gasteiger partial charge in [0.25, 0.3) is 0 Å². The number of likely N-dealkylation sites (tertiary alicyclic amines) is 1. The lowest BCUT2D eigenvalue weighted by Gasteiger charge is -2.30. The number of aromatic nitrogens is 2. The molecule has 0 radical (unpaired) electrons. The number of nitro groups is 1. The average molecular weight is 296 g/mol. The maximum Gasteiger partial charge on any atom is 0.306 e. The summed E-state index contributed by atoms with van der Waals surface area (Å²) in [6.07, 6.45) is 3.55. The Labute approximate surface area is 120 Å². The van der Waals surface area contributed by atoms with E-state index in [4.69, 9.17) is 5.11 Å². The van der Waals surface area contributed by atoms with Gasteiger partial charge in [-0.1, -0.05) is 0 Å². The molecule has 0 aromatic carbocycles. The first-order chi connectivity index (χ1) is 9.97. The zero-order valence-corrected chi connectivity index (χ0v) is 11.3. The van der Waals surface area contributed by atoms with Crippen LogP contribution in [0.3, 0.4) is 0 Å². The fraction of sp³-hybridized carbons (Fsp3) is 0.583. The van der Waals surface area contributed by atoms with Gasteiger partial charge < -0.3 is 10.0 Å². The molecule has 21 heavy (non-hydrogen) atoms. The number of carbonyl (C=O) groups excluding carboxylic acids is 1. The van der Waals surface area contributed by atoms with Crippen molar-refractivity contribution < 1.29 is 19.6 Å². The van der Waals surface area contributed by atoms with Crippen molar-refractivity contribution in [2.24, 2.45) is 5.92 Å². The van der Waals surface area contributed by atoms with E-state index in [0.29, 0.717) is 25.9 Å². The highest BCUT2D eigenvalue weighted by Gasteiger charge is 2.26. The summed E-state index contributed by atoms with van der Waals surface area (Å²) in [7, 11) is 0. The van der Waals surface area contributed by atoms with Gasteiger partial charge in [-0.15, -0.1) is 0 Å². The smallest absolute Gasteiger partial charge is 0.306 e. The van der Waals surface area contributed by atoms with Crippen molar-refractivity contribution in [1.29, 1.82) is 0 Å². The number of piperidine rings is 1. The molecule has 1 saturated heterocycles. The summed E-state index contributed by atoms with van der Waals surface area (Å²) >= 11 is 0. The van der Waals surface area contributed by atoms with Crippen LogP contribution in [-0.2, 0) is 16.1 Å². The normalized spacial score (nSPS) is 15.9. The van der Waals surface area contributed by atoms with Crippen LogP contribution in [0, 0.1) is 16.0 Å². The molecule has 1 aliphatic rings. The highest BCUT2D eigenvalue weighted by Crippen LogP contribution is 2.18. The Bertz CT molecular complexity index is 548. The molecule has 1 fully saturated rings. The second-order valence-electron chi connectivity index (χ2n) is 4.96. The van der Waals surface area contributed by atoms with Crippen molar-refractivity contribution >= 4 is 17.6 Å². The summed E-state index contributed by atoms with van der Waals surface area (Å²) in [5.41, 5.74) is -0.107. The van der Waals surface area contributed by atoms with Gasteiger partial charge in [-0.2, -0.15) is 5.10 Å². The fourth-order valence-electron chi connectivity index (χ4n) is 2.31. The monoisotopic (exact) mass is 296 g/mol. The standard InChI is InChI=1S/C12H16N4O5/c17-11(14-4-1-9(2-5-14)12(18)19)3-6-15-8-10(7-13-15)16(20)21/h7-9H,1-6H2,(H,18,19). The zero-order valence-electron chi connectivity index (χ0n) is 11.3. The Balaban J connectivity index is 1.79. The van der Waals surface area contributed by atoms with Gasteiger partial charge in [-0.3, -0.25) is 24.4 Å². The number of aryl methyl sites for hydroxylation is 1. The highest BCUT2D eigenvalue weighted by molar-refractivity contribution is 5.77. The first-order valence-electron chi connectivity index (χ1n) is 6.65. The van der Waals surface area contributed by atoms with Gasteiger partial charge in [0.2, 0.25) is 5.91 Å². The molecule has 114 valence electrons. The number of hydrogen-bond donors (Lipinski definition) is 1. The molecule has 1 N–H and O–H groups in total. The summed E-state index contributed by atoms with van der Waals surface area (Å²) in [5.74, 6) is -1.27. The van der Waals surface area contributed by atoms with E-state index in [1.807, 2.05) is 0 Å². The second-order valence-corrected chi connectivity index (χ2v) is 4.96. The molecule has 9 heteroatoms. The van der Waals surface area contributed by atoms with E-state index in [1.54, 1.807) is 4.90 Å². The third-order valence-corrected chi connectivity index (χ3v) is 3.58. The molecule has 2 heterocycles. The van der Waals surface area contributed by atoms with E-state index >= 15 is 0 Å². The average Bonchev–Trinajstić information content (AvgIpc) is 2.94. The molecule has 0 atom stereocenters. The number of carboxylic acids is 1. The van der Waals surface area contributed by atoms with E-state index < -0.39 is 10.9 Å². The van der Waals surface area contributed by atoms with E-state index in [2.05, 4.69) is 5.10 Å². The van der Waals surface area contributed by atoms with E-state index in [1.165, 1.54) is 10.9 Å². The van der Waals surface area contributed by atoms with Gasteiger partial charge >= 0.3 is 11.7 Å². The predicted molar refractivity (Wildman–Crippen MR) is 70.4 cm³/mol. The minimum absolute atomic E-state index is 0.0861. The third kappa shape index (κ3) is 3.77. The van der Waals surface area contributed by atoms with E-state index in [-0.39, 0.29) is 30.5 Å². The Morgan fingerprint density at radius 1 is 1.43 bits per heavy atom. The number of nitrogens with zero attached hydrogens (tertiary/aromatic N) is 4. The summed E-state index contributed by atoms with van der Waals surface area (Å²) in [4.78, 5) is 34.4. The minimum atomic E-state index is -0.814. The van der Waals surface area contributed by atoms with Crippen LogP contribution >= 0.6 is 0 Å². The quantitative estimate of drug-likeness (QED) is 0.624. The number of hydrogen-bond acceptors (Lipinski definition) is 5. The largest absolute Gasteiger partial charge is 0.481 e. The highest BCUT2D eigenvalue weighted by atomic mass is 16.6. The third-order valence-electron chi connectivity index (χ3n) is 3.58. The summed E-state index contributed by atoms with van der Waals surface area (Å²) in [6.45, 7) is 1.15. The van der Waals surface area contributed by atoms with E-state index in [0.717, 1.165) is 6.20 Å². The molecule has 0 bridgehead atoms. The van der Waals surface area contributed by atoms with Crippen LogP contribution in [0.1, 0.15) is 19.3 Å². The number of aliphatic carboxylic acids is 1. The van der Waals surface area contributed by atoms with Crippen LogP contribution < -0.4 is 0 Å². The summed E-state index contributed by atoms with van der Waals surface area (Å²) < 4.78 is 1.36. The molecule has 0 saturated carbocycles. The maximum absolute atomic E-state index is 12.0. The molecule has 9 nitrogen and oxygen atoms in total. The first kappa shape index (κ1) is 14.9. The van der Waals surface area contributed by atoms with Gasteiger partial charge in [-0.25, -0.2) is 0 Å². The van der Waals surface area contributed by atoms with Gasteiger partial charge in [0.15, 0.2) is 0 Å². The zero-order chi connectivity index (χ0) is 15.4. The molecule has 1 aliphatic heterocycles. The maximum atomic E-state index is 12.0. The van der Waals surface area contributed by atoms with Crippen LogP contribution in [0.15, 0.2) is 12.4 Å². The van der Waals surface area contributed by atoms with Gasteiger partial charge in [0.1, 0.15) is 12.4 Å². The summed E-state index contributed by atoms with van der Waals surface area (Å²) in [6, 6.07) is 0. The van der Waals surface area contributed by atoms with Crippen molar-refractivity contribution in [3.63, 3.8) is 0 Å². The molecule has 1 aromatic heterocycles. The summed E-state index contributed by atoms with van der Waals surface area (Å²) in [5, 5.41) is 23.2. The molecule has 1 aromatic rings. The molecular formula is C12H16N4O5. The van der Waals surface area contributed by atoms with Crippen LogP contribution in [0.2, 0.25) is 0 Å². The number of carbonyl (C=O) groups is 2. The molecule has 0 unspecified atom stereocenters. The number of amides is 1. The van der Waals surface area contributed by atoms with Crippen LogP contribution in [-0.4, -0.2) is 49.7 Å². The topological polar surface area (TPSA) is 119 Å². The van der Waals surface area contributed by atoms with Gasteiger partial charge in [0, 0.05) is 26.1 Å². The van der Waals surface area contributed by atoms with Crippen molar-refractivity contribution in [2.45, 2.75) is 25.8 Å². The lowest BCUT2D eigenvalue weighted by atomic mass is 9.97. The second kappa shape index (κ2) is 6.33. The fourth-order valence-corrected chi connectivity index (χ4v) is 2.31. The lowest BCUT2D eigenvalue weighted by molar-refractivity contribution is -0.385. The van der Waals surface area contributed by atoms with E-state index in [9.17, 15) is 19.7 Å². The van der Waals surface area contributed by atoms with Crippen molar-refractivity contribution in [3.05, 3.63) is 22.5 Å². The predicted octanol–water partition coefficient (Wildman–Crippen LogP) is 0.505. The Morgan fingerprint density at radius 3 is 2.62 bits per heavy atom. The van der Waals surface area contributed by atoms with Crippen LogP contribution in [0.4, 0.5) is 5.69 Å². The SMILES string of the molecule is O=C(O)C1CCN(C(=O)CCn2cc([N+](=O)[O-])cn2)CC1. The lowest BCUT2D eigenvalue weighted by Crippen LogP contribution is -2.40. The Hall–Kier alpha value is -2.45. The minimum Gasteiger partial charge on any atom is -0.481 e. The van der Waals surface area contributed by atoms with Gasteiger partial charge in [-0.05, 0) is 12.8 Å². The molecule has 2 rings (SSSR count). The molecule has 0 spiro atoms. The number of carboxylic acid groups (broad SMARTS) is 1. The van der Waals surface area contributed by atoms with Crippen molar-refractivity contribution in [3.8, 4) is 0 Å². The van der Waals surface area contributed by atoms with Crippen LogP contribution in [0.25, 0.3) is 0 Å². The van der Waals surface area contributed by atoms with Crippen molar-refractivity contribution in [2.75, 3.05) is 13.1 Å². The molecule has 1 amide bonds. The molecular weight excluding hydrogens is 280 g/mol. The molecule has 0 aliphatic carbocycles. The Morgan fingerprint density at radius 2 is 2.10 bits per heavy atom. The van der Waals surface area contributed by atoms with Crippen LogP contribution in [0.5, 0.6) is 0 Å². The van der Waals surface area contributed by atoms with Crippen molar-refractivity contribution in [1.82, 2.24) is 14.7 Å². The first-order valence-corrected chi connectivity index (χ1v) is 6.65. The number of rotatable bonds is 5. The Kier molecular flexibility index (Phi) is 4.51. The van der Waals surface area contributed by atoms with Gasteiger partial charge in [0.05, 0.1) is 10.8 Å².